The molecule has 8 heteroatoms. The van der Waals surface area contributed by atoms with Crippen LogP contribution < -0.4 is 10.6 Å². The van der Waals surface area contributed by atoms with Crippen molar-refractivity contribution in [3.05, 3.63) is 30.1 Å². The second kappa shape index (κ2) is 9.64. The SMILES string of the molecule is O=C(CC1CCCC1)NC1CCC(C(=O)Nc2nc(-c3ccc(F)cc3)ns2)CC1. The van der Waals surface area contributed by atoms with Crippen molar-refractivity contribution < 1.29 is 14.0 Å². The second-order valence-electron chi connectivity index (χ2n) is 8.39. The van der Waals surface area contributed by atoms with E-state index in [1.807, 2.05) is 0 Å². The van der Waals surface area contributed by atoms with Gasteiger partial charge in [0, 0.05) is 35.5 Å². The summed E-state index contributed by atoms with van der Waals surface area (Å²) in [4.78, 5) is 29.2. The first-order valence-corrected chi connectivity index (χ1v) is 11.5. The molecule has 0 radical (unpaired) electrons. The van der Waals surface area contributed by atoms with Crippen molar-refractivity contribution in [1.29, 1.82) is 0 Å². The minimum atomic E-state index is -0.312. The Labute approximate surface area is 179 Å². The van der Waals surface area contributed by atoms with Crippen molar-refractivity contribution >= 4 is 28.5 Å². The second-order valence-corrected chi connectivity index (χ2v) is 9.14. The van der Waals surface area contributed by atoms with Gasteiger partial charge >= 0.3 is 0 Å². The highest BCUT2D eigenvalue weighted by molar-refractivity contribution is 7.10. The Bertz CT molecular complexity index is 872. The fraction of sp³-hybridized carbons (Fsp3) is 0.545. The molecular formula is C22H27FN4O2S. The quantitative estimate of drug-likeness (QED) is 0.705. The molecule has 30 heavy (non-hydrogen) atoms. The van der Waals surface area contributed by atoms with Gasteiger partial charge in [0.15, 0.2) is 5.82 Å². The normalized spacial score (nSPS) is 22.0. The van der Waals surface area contributed by atoms with Gasteiger partial charge in [-0.1, -0.05) is 12.8 Å². The lowest BCUT2D eigenvalue weighted by molar-refractivity contribution is -0.123. The van der Waals surface area contributed by atoms with Gasteiger partial charge in [0.05, 0.1) is 0 Å². The van der Waals surface area contributed by atoms with E-state index in [0.717, 1.165) is 37.2 Å². The summed E-state index contributed by atoms with van der Waals surface area (Å²) in [6, 6.07) is 6.13. The molecule has 0 bridgehead atoms. The topological polar surface area (TPSA) is 84.0 Å². The maximum absolute atomic E-state index is 13.1. The van der Waals surface area contributed by atoms with Gasteiger partial charge in [0.25, 0.3) is 0 Å². The summed E-state index contributed by atoms with van der Waals surface area (Å²) in [5, 5.41) is 6.47. The Morgan fingerprint density at radius 1 is 1.03 bits per heavy atom. The van der Waals surface area contributed by atoms with Crippen molar-refractivity contribution in [2.45, 2.75) is 63.8 Å². The highest BCUT2D eigenvalue weighted by Gasteiger charge is 2.28. The van der Waals surface area contributed by atoms with Crippen LogP contribution in [-0.4, -0.2) is 27.2 Å². The van der Waals surface area contributed by atoms with Crippen LogP contribution in [0.2, 0.25) is 0 Å². The minimum Gasteiger partial charge on any atom is -0.353 e. The molecule has 1 aromatic heterocycles. The summed E-state index contributed by atoms with van der Waals surface area (Å²) in [5.41, 5.74) is 0.710. The van der Waals surface area contributed by atoms with Gasteiger partial charge in [-0.3, -0.25) is 9.59 Å². The molecule has 2 aromatic rings. The molecule has 2 N–H and O–H groups in total. The van der Waals surface area contributed by atoms with Crippen LogP contribution in [-0.2, 0) is 9.59 Å². The number of hydrogen-bond donors (Lipinski definition) is 2. The number of aromatic nitrogens is 2. The fourth-order valence-corrected chi connectivity index (χ4v) is 5.05. The molecule has 0 aliphatic heterocycles. The van der Waals surface area contributed by atoms with Crippen LogP contribution >= 0.6 is 11.5 Å². The first-order valence-electron chi connectivity index (χ1n) is 10.8. The lowest BCUT2D eigenvalue weighted by atomic mass is 9.85. The highest BCUT2D eigenvalue weighted by atomic mass is 32.1. The zero-order valence-corrected chi connectivity index (χ0v) is 17.7. The van der Waals surface area contributed by atoms with E-state index >= 15 is 0 Å². The predicted molar refractivity (Wildman–Crippen MR) is 114 cm³/mol. The van der Waals surface area contributed by atoms with E-state index in [1.165, 1.54) is 37.8 Å². The number of amides is 2. The summed E-state index contributed by atoms with van der Waals surface area (Å²) < 4.78 is 17.3. The van der Waals surface area contributed by atoms with Gasteiger partial charge in [0.1, 0.15) is 5.82 Å². The number of benzene rings is 1. The molecule has 2 aliphatic carbocycles. The van der Waals surface area contributed by atoms with E-state index in [2.05, 4.69) is 20.0 Å². The zero-order valence-electron chi connectivity index (χ0n) is 16.9. The van der Waals surface area contributed by atoms with Crippen LogP contribution in [0.4, 0.5) is 9.52 Å². The van der Waals surface area contributed by atoms with E-state index < -0.39 is 0 Å². The Morgan fingerprint density at radius 2 is 1.73 bits per heavy atom. The Morgan fingerprint density at radius 3 is 2.43 bits per heavy atom. The van der Waals surface area contributed by atoms with Gasteiger partial charge in [0.2, 0.25) is 16.9 Å². The first-order chi connectivity index (χ1) is 14.6. The summed E-state index contributed by atoms with van der Waals surface area (Å²) in [6.45, 7) is 0. The van der Waals surface area contributed by atoms with Crippen molar-refractivity contribution in [3.8, 4) is 11.4 Å². The van der Waals surface area contributed by atoms with Crippen molar-refractivity contribution in [2.75, 3.05) is 5.32 Å². The number of carbonyl (C=O) groups excluding carboxylic acids is 2. The van der Waals surface area contributed by atoms with Crippen molar-refractivity contribution in [1.82, 2.24) is 14.7 Å². The molecule has 1 aromatic carbocycles. The maximum Gasteiger partial charge on any atom is 0.229 e. The Kier molecular flexibility index (Phi) is 6.72. The van der Waals surface area contributed by atoms with E-state index in [9.17, 15) is 14.0 Å². The molecule has 6 nitrogen and oxygen atoms in total. The number of hydrogen-bond acceptors (Lipinski definition) is 5. The number of nitrogens with one attached hydrogen (secondary N) is 2. The van der Waals surface area contributed by atoms with Gasteiger partial charge in [-0.2, -0.15) is 9.36 Å². The molecule has 0 unspecified atom stereocenters. The van der Waals surface area contributed by atoms with Crippen LogP contribution in [0.5, 0.6) is 0 Å². The summed E-state index contributed by atoms with van der Waals surface area (Å²) in [6.07, 6.45) is 8.65. The van der Waals surface area contributed by atoms with E-state index in [4.69, 9.17) is 0 Å². The van der Waals surface area contributed by atoms with Crippen LogP contribution in [0.1, 0.15) is 57.8 Å². The van der Waals surface area contributed by atoms with E-state index in [1.54, 1.807) is 12.1 Å². The highest BCUT2D eigenvalue weighted by Crippen LogP contribution is 2.29. The molecule has 1 heterocycles. The Balaban J connectivity index is 1.22. The van der Waals surface area contributed by atoms with Gasteiger partial charge < -0.3 is 10.6 Å². The lowest BCUT2D eigenvalue weighted by Crippen LogP contribution is -2.40. The number of halogens is 1. The minimum absolute atomic E-state index is 0.0486. The largest absolute Gasteiger partial charge is 0.353 e. The summed E-state index contributed by atoms with van der Waals surface area (Å²) in [7, 11) is 0. The average Bonchev–Trinajstić information content (AvgIpc) is 3.41. The monoisotopic (exact) mass is 430 g/mol. The molecule has 160 valence electrons. The smallest absolute Gasteiger partial charge is 0.229 e. The van der Waals surface area contributed by atoms with Crippen LogP contribution in [0.25, 0.3) is 11.4 Å². The molecule has 0 spiro atoms. The van der Waals surface area contributed by atoms with Crippen molar-refractivity contribution in [3.63, 3.8) is 0 Å². The van der Waals surface area contributed by atoms with Crippen molar-refractivity contribution in [2.24, 2.45) is 11.8 Å². The van der Waals surface area contributed by atoms with Gasteiger partial charge in [-0.15, -0.1) is 0 Å². The van der Waals surface area contributed by atoms with E-state index in [-0.39, 0.29) is 29.6 Å². The molecule has 2 aliphatic rings. The standard InChI is InChI=1S/C22H27FN4O2S/c23-17-9-5-15(6-10-17)20-25-22(30-27-20)26-21(29)16-7-11-18(12-8-16)24-19(28)13-14-3-1-2-4-14/h5-6,9-10,14,16,18H,1-4,7-8,11-13H2,(H,24,28)(H,25,26,27,29). The summed E-state index contributed by atoms with van der Waals surface area (Å²) >= 11 is 1.12. The molecule has 2 saturated carbocycles. The van der Waals surface area contributed by atoms with Crippen LogP contribution in [0.3, 0.4) is 0 Å². The number of rotatable bonds is 6. The number of carbonyl (C=O) groups is 2. The lowest BCUT2D eigenvalue weighted by Gasteiger charge is -2.28. The predicted octanol–water partition coefficient (Wildman–Crippen LogP) is 4.54. The number of nitrogens with zero attached hydrogens (tertiary/aromatic N) is 2. The van der Waals surface area contributed by atoms with Gasteiger partial charge in [-0.05, 0) is 68.7 Å². The third kappa shape index (κ3) is 5.41. The first kappa shape index (κ1) is 20.9. The number of anilines is 1. The van der Waals surface area contributed by atoms with E-state index in [0.29, 0.717) is 28.9 Å². The maximum atomic E-state index is 13.1. The molecule has 0 atom stereocenters. The van der Waals surface area contributed by atoms with Crippen LogP contribution in [0.15, 0.2) is 24.3 Å². The molecule has 4 rings (SSSR count). The molecule has 2 fully saturated rings. The van der Waals surface area contributed by atoms with Crippen LogP contribution in [0, 0.1) is 17.7 Å². The Hall–Kier alpha value is -2.35. The summed E-state index contributed by atoms with van der Waals surface area (Å²) in [5.74, 6) is 0.756. The molecular weight excluding hydrogens is 403 g/mol. The zero-order chi connectivity index (χ0) is 20.9. The third-order valence-corrected chi connectivity index (χ3v) is 6.80. The fourth-order valence-electron chi connectivity index (χ4n) is 4.46. The average molecular weight is 431 g/mol. The third-order valence-electron chi connectivity index (χ3n) is 6.17. The molecule has 0 saturated heterocycles. The molecule has 2 amide bonds. The van der Waals surface area contributed by atoms with Gasteiger partial charge in [-0.25, -0.2) is 4.39 Å².